The van der Waals surface area contributed by atoms with E-state index in [2.05, 4.69) is 6.07 Å². The molecule has 0 aliphatic carbocycles. The van der Waals surface area contributed by atoms with Gasteiger partial charge in [0.2, 0.25) is 11.8 Å². The highest BCUT2D eigenvalue weighted by Gasteiger charge is 2.44. The molecule has 1 fully saturated rings. The van der Waals surface area contributed by atoms with Crippen LogP contribution in [0.5, 0.6) is 0 Å². The molecule has 1 aromatic carbocycles. The number of rotatable bonds is 2. The van der Waals surface area contributed by atoms with Crippen molar-refractivity contribution in [3.8, 4) is 0 Å². The second kappa shape index (κ2) is 5.96. The Bertz CT molecular complexity index is 618. The van der Waals surface area contributed by atoms with Crippen LogP contribution >= 0.6 is 0 Å². The Hall–Kier alpha value is -1.88. The minimum absolute atomic E-state index is 0.102. The third-order valence-electron chi connectivity index (χ3n) is 5.23. The molecule has 0 atom stereocenters. The summed E-state index contributed by atoms with van der Waals surface area (Å²) in [6.45, 7) is 1.92. The summed E-state index contributed by atoms with van der Waals surface area (Å²) >= 11 is 0. The van der Waals surface area contributed by atoms with Gasteiger partial charge in [-0.1, -0.05) is 18.2 Å². The topological polar surface area (TPSA) is 43.9 Å². The fourth-order valence-electron chi connectivity index (χ4n) is 3.85. The average molecular weight is 315 g/mol. The van der Waals surface area contributed by atoms with Crippen LogP contribution in [0, 0.1) is 0 Å². The van der Waals surface area contributed by atoms with E-state index < -0.39 is 0 Å². The first-order valence-corrected chi connectivity index (χ1v) is 8.21. The molecule has 1 saturated heterocycles. The van der Waals surface area contributed by atoms with Crippen LogP contribution in [-0.4, -0.2) is 62.4 Å². The van der Waals surface area contributed by atoms with Gasteiger partial charge >= 0.3 is 0 Å². The maximum absolute atomic E-state index is 12.4. The van der Waals surface area contributed by atoms with Gasteiger partial charge in [0.05, 0.1) is 6.54 Å². The summed E-state index contributed by atoms with van der Waals surface area (Å²) in [5, 5.41) is 0. The third-order valence-corrected chi connectivity index (χ3v) is 5.23. The van der Waals surface area contributed by atoms with E-state index in [-0.39, 0.29) is 17.2 Å². The second-order valence-electron chi connectivity index (χ2n) is 7.05. The fraction of sp³-hybridized carbons (Fsp3) is 0.556. The molecule has 5 heteroatoms. The Kier molecular flexibility index (Phi) is 4.15. The number of carbonyl (C=O) groups excluding carboxylic acids is 2. The Morgan fingerprint density at radius 3 is 2.52 bits per heavy atom. The van der Waals surface area contributed by atoms with Crippen molar-refractivity contribution in [1.29, 1.82) is 0 Å². The van der Waals surface area contributed by atoms with E-state index in [0.29, 0.717) is 13.0 Å². The number of para-hydroxylation sites is 1. The van der Waals surface area contributed by atoms with Crippen molar-refractivity contribution in [3.63, 3.8) is 0 Å². The summed E-state index contributed by atoms with van der Waals surface area (Å²) in [6, 6.07) is 8.21. The van der Waals surface area contributed by atoms with Gasteiger partial charge < -0.3 is 14.7 Å². The van der Waals surface area contributed by atoms with Gasteiger partial charge in [-0.3, -0.25) is 9.59 Å². The van der Waals surface area contributed by atoms with Crippen LogP contribution in [0.15, 0.2) is 24.3 Å². The highest BCUT2D eigenvalue weighted by Crippen LogP contribution is 2.46. The number of likely N-dealkylation sites (tertiary alicyclic amines) is 1. The van der Waals surface area contributed by atoms with Crippen LogP contribution in [0.3, 0.4) is 0 Å². The van der Waals surface area contributed by atoms with E-state index in [9.17, 15) is 9.59 Å². The molecule has 2 aliphatic heterocycles. The highest BCUT2D eigenvalue weighted by molar-refractivity contribution is 5.97. The first kappa shape index (κ1) is 16.0. The van der Waals surface area contributed by atoms with Gasteiger partial charge in [0.15, 0.2) is 0 Å². The third kappa shape index (κ3) is 2.85. The summed E-state index contributed by atoms with van der Waals surface area (Å²) in [6.07, 6.45) is 2.28. The fourth-order valence-corrected chi connectivity index (χ4v) is 3.85. The number of hydrogen-bond acceptors (Lipinski definition) is 3. The van der Waals surface area contributed by atoms with Gasteiger partial charge in [-0.15, -0.1) is 0 Å². The first-order chi connectivity index (χ1) is 10.9. The standard InChI is InChI=1S/C18H25N3O2/c1-19(2)13-17(23)21-10-8-18(9-11-21)12-16(22)20(3)15-7-5-4-6-14(15)18/h4-7H,8-13H2,1-3H3. The van der Waals surface area contributed by atoms with Gasteiger partial charge in [0.25, 0.3) is 0 Å². The van der Waals surface area contributed by atoms with Crippen LogP contribution in [0.25, 0.3) is 0 Å². The number of likely N-dealkylation sites (N-methyl/N-ethyl adjacent to an activating group) is 1. The van der Waals surface area contributed by atoms with Crippen LogP contribution in [0.2, 0.25) is 0 Å². The molecule has 0 unspecified atom stereocenters. The number of fused-ring (bicyclic) bond motifs is 2. The lowest BCUT2D eigenvalue weighted by atomic mass is 9.67. The zero-order chi connectivity index (χ0) is 16.6. The predicted molar refractivity (Wildman–Crippen MR) is 90.5 cm³/mol. The molecule has 5 nitrogen and oxygen atoms in total. The normalized spacial score (nSPS) is 20.1. The zero-order valence-corrected chi connectivity index (χ0v) is 14.2. The van der Waals surface area contributed by atoms with E-state index in [1.807, 2.05) is 49.1 Å². The molecular weight excluding hydrogens is 290 g/mol. The number of anilines is 1. The van der Waals surface area contributed by atoms with Crippen molar-refractivity contribution >= 4 is 17.5 Å². The smallest absolute Gasteiger partial charge is 0.236 e. The number of nitrogens with zero attached hydrogens (tertiary/aromatic N) is 3. The molecule has 1 spiro atoms. The molecule has 0 saturated carbocycles. The predicted octanol–water partition coefficient (Wildman–Crippen LogP) is 1.47. The molecule has 0 radical (unpaired) electrons. The van der Waals surface area contributed by atoms with Gasteiger partial charge in [0, 0.05) is 37.7 Å². The zero-order valence-electron chi connectivity index (χ0n) is 14.2. The average Bonchev–Trinajstić information content (AvgIpc) is 2.53. The Balaban J connectivity index is 1.81. The Morgan fingerprint density at radius 2 is 1.87 bits per heavy atom. The van der Waals surface area contributed by atoms with E-state index >= 15 is 0 Å². The number of hydrogen-bond donors (Lipinski definition) is 0. The minimum atomic E-state index is -0.102. The molecule has 0 N–H and O–H groups in total. The molecular formula is C18H25N3O2. The van der Waals surface area contributed by atoms with Crippen LogP contribution in [0.1, 0.15) is 24.8 Å². The molecule has 2 amide bonds. The van der Waals surface area contributed by atoms with Gasteiger partial charge in [-0.25, -0.2) is 0 Å². The lowest BCUT2D eigenvalue weighted by Crippen LogP contribution is -2.51. The quantitative estimate of drug-likeness (QED) is 0.830. The van der Waals surface area contributed by atoms with E-state index in [0.717, 1.165) is 31.6 Å². The second-order valence-corrected chi connectivity index (χ2v) is 7.05. The Morgan fingerprint density at radius 1 is 1.22 bits per heavy atom. The highest BCUT2D eigenvalue weighted by atomic mass is 16.2. The van der Waals surface area contributed by atoms with Gasteiger partial charge in [-0.2, -0.15) is 0 Å². The lowest BCUT2D eigenvalue weighted by molar-refractivity contribution is -0.133. The van der Waals surface area contributed by atoms with E-state index in [1.165, 1.54) is 5.56 Å². The van der Waals surface area contributed by atoms with Crippen molar-refractivity contribution in [3.05, 3.63) is 29.8 Å². The Labute approximate surface area is 137 Å². The number of benzene rings is 1. The summed E-state index contributed by atoms with van der Waals surface area (Å²) in [5.41, 5.74) is 2.19. The molecule has 23 heavy (non-hydrogen) atoms. The minimum Gasteiger partial charge on any atom is -0.342 e. The number of amides is 2. The SMILES string of the molecule is CN(C)CC(=O)N1CCC2(CC1)CC(=O)N(C)c1ccccc12. The molecule has 1 aromatic rings. The van der Waals surface area contributed by atoms with Crippen molar-refractivity contribution < 1.29 is 9.59 Å². The van der Waals surface area contributed by atoms with Crippen molar-refractivity contribution in [1.82, 2.24) is 9.80 Å². The largest absolute Gasteiger partial charge is 0.342 e. The van der Waals surface area contributed by atoms with Crippen LogP contribution in [-0.2, 0) is 15.0 Å². The van der Waals surface area contributed by atoms with Crippen LogP contribution in [0.4, 0.5) is 5.69 Å². The molecule has 3 rings (SSSR count). The van der Waals surface area contributed by atoms with E-state index in [4.69, 9.17) is 0 Å². The molecule has 0 aromatic heterocycles. The number of carbonyl (C=O) groups is 2. The summed E-state index contributed by atoms with van der Waals surface area (Å²) in [4.78, 5) is 30.3. The monoisotopic (exact) mass is 315 g/mol. The van der Waals surface area contributed by atoms with Gasteiger partial charge in [-0.05, 0) is 38.6 Å². The van der Waals surface area contributed by atoms with Crippen molar-refractivity contribution in [2.75, 3.05) is 45.7 Å². The molecule has 124 valence electrons. The summed E-state index contributed by atoms with van der Waals surface area (Å²) in [5.74, 6) is 0.356. The lowest BCUT2D eigenvalue weighted by Gasteiger charge is -2.46. The molecule has 2 heterocycles. The van der Waals surface area contributed by atoms with Gasteiger partial charge in [0.1, 0.15) is 0 Å². The number of piperidine rings is 1. The van der Waals surface area contributed by atoms with Crippen molar-refractivity contribution in [2.24, 2.45) is 0 Å². The molecule has 0 bridgehead atoms. The maximum Gasteiger partial charge on any atom is 0.236 e. The van der Waals surface area contributed by atoms with Crippen molar-refractivity contribution in [2.45, 2.75) is 24.7 Å². The maximum atomic E-state index is 12.4. The molecule has 2 aliphatic rings. The summed E-state index contributed by atoms with van der Waals surface area (Å²) < 4.78 is 0. The van der Waals surface area contributed by atoms with Crippen LogP contribution < -0.4 is 4.90 Å². The van der Waals surface area contributed by atoms with E-state index in [1.54, 1.807) is 4.90 Å². The summed E-state index contributed by atoms with van der Waals surface area (Å²) in [7, 11) is 5.67. The first-order valence-electron chi connectivity index (χ1n) is 8.21.